The zero-order chi connectivity index (χ0) is 11.3. The number of nitrogens with two attached hydrogens (primary N) is 1. The molecule has 0 aliphatic carbocycles. The van der Waals surface area contributed by atoms with Crippen molar-refractivity contribution < 1.29 is 0 Å². The van der Waals surface area contributed by atoms with Crippen LogP contribution in [0.4, 0.5) is 0 Å². The Hall–Kier alpha value is -0.120. The first kappa shape index (κ1) is 12.9. The monoisotopic (exact) mass is 287 g/mol. The van der Waals surface area contributed by atoms with Crippen LogP contribution in [0.3, 0.4) is 0 Å². The summed E-state index contributed by atoms with van der Waals surface area (Å²) in [6.45, 7) is 5.25. The number of rotatable bonds is 5. The molecule has 0 radical (unpaired) electrons. The second kappa shape index (κ2) is 6.46. The maximum absolute atomic E-state index is 5.50. The summed E-state index contributed by atoms with van der Waals surface area (Å²) in [6, 6.07) is 4.29. The summed E-state index contributed by atoms with van der Waals surface area (Å²) in [7, 11) is 0. The number of hydrogen-bond donors (Lipinski definition) is 1. The fourth-order valence-electron chi connectivity index (χ4n) is 1.47. The van der Waals surface area contributed by atoms with Gasteiger partial charge in [-0.05, 0) is 58.9 Å². The number of allylic oxidation sites excluding steroid dienone is 2. The van der Waals surface area contributed by atoms with Gasteiger partial charge in [0, 0.05) is 4.88 Å². The van der Waals surface area contributed by atoms with E-state index in [1.165, 1.54) is 14.2 Å². The molecule has 84 valence electrons. The Balaban J connectivity index is 2.78. The van der Waals surface area contributed by atoms with E-state index in [1.54, 1.807) is 11.3 Å². The molecule has 2 N–H and O–H groups in total. The lowest BCUT2D eigenvalue weighted by Crippen LogP contribution is -1.97. The van der Waals surface area contributed by atoms with Crippen LogP contribution in [0.1, 0.15) is 31.6 Å². The van der Waals surface area contributed by atoms with Crippen molar-refractivity contribution in [2.24, 2.45) is 11.7 Å². The van der Waals surface area contributed by atoms with Crippen LogP contribution in [0.2, 0.25) is 0 Å². The first-order valence-electron chi connectivity index (χ1n) is 5.31. The molecule has 0 atom stereocenters. The van der Waals surface area contributed by atoms with Gasteiger partial charge in [0.2, 0.25) is 0 Å². The highest BCUT2D eigenvalue weighted by Crippen LogP contribution is 2.32. The summed E-state index contributed by atoms with van der Waals surface area (Å²) < 4.78 is 1.20. The average Bonchev–Trinajstić information content (AvgIpc) is 2.59. The van der Waals surface area contributed by atoms with Gasteiger partial charge in [0.15, 0.2) is 0 Å². The highest BCUT2D eigenvalue weighted by atomic mass is 79.9. The minimum atomic E-state index is 0.577. The molecule has 0 saturated carbocycles. The highest BCUT2D eigenvalue weighted by Gasteiger charge is 2.08. The van der Waals surface area contributed by atoms with E-state index in [2.05, 4.69) is 48.0 Å². The Morgan fingerprint density at radius 1 is 1.53 bits per heavy atom. The highest BCUT2D eigenvalue weighted by molar-refractivity contribution is 9.11. The molecule has 0 aromatic carbocycles. The largest absolute Gasteiger partial charge is 0.330 e. The predicted octanol–water partition coefficient (Wildman–Crippen LogP) is 4.29. The Bertz CT molecular complexity index is 328. The van der Waals surface area contributed by atoms with Gasteiger partial charge < -0.3 is 5.73 Å². The first-order chi connectivity index (χ1) is 7.15. The van der Waals surface area contributed by atoms with E-state index >= 15 is 0 Å². The van der Waals surface area contributed by atoms with Crippen molar-refractivity contribution in [2.75, 3.05) is 6.54 Å². The summed E-state index contributed by atoms with van der Waals surface area (Å²) in [5.74, 6) is 0.577. The van der Waals surface area contributed by atoms with E-state index in [1.807, 2.05) is 0 Å². The topological polar surface area (TPSA) is 26.0 Å². The summed E-state index contributed by atoms with van der Waals surface area (Å²) in [5, 5.41) is 0. The molecule has 0 saturated heterocycles. The third-order valence-electron chi connectivity index (χ3n) is 2.25. The standard InChI is InChI=1S/C12H18BrNS/c1-9(2)10(5-3-4-8-14)11-6-7-12(13)15-11/h5-7,9H,3-4,8,14H2,1-2H3/b10-5+. The number of unbranched alkanes of at least 4 members (excludes halogenated alkanes) is 1. The fraction of sp³-hybridized carbons (Fsp3) is 0.500. The molecule has 0 spiro atoms. The van der Waals surface area contributed by atoms with Gasteiger partial charge in [-0.2, -0.15) is 0 Å². The molecule has 0 unspecified atom stereocenters. The zero-order valence-electron chi connectivity index (χ0n) is 9.29. The molecule has 0 aliphatic rings. The minimum absolute atomic E-state index is 0.577. The first-order valence-corrected chi connectivity index (χ1v) is 6.92. The molecule has 0 amide bonds. The molecule has 1 aromatic heterocycles. The third kappa shape index (κ3) is 4.09. The van der Waals surface area contributed by atoms with Crippen LogP contribution in [-0.2, 0) is 0 Å². The van der Waals surface area contributed by atoms with Crippen LogP contribution in [0.25, 0.3) is 5.57 Å². The van der Waals surface area contributed by atoms with Gasteiger partial charge in [0.05, 0.1) is 3.79 Å². The second-order valence-electron chi connectivity index (χ2n) is 3.85. The van der Waals surface area contributed by atoms with E-state index in [0.29, 0.717) is 5.92 Å². The lowest BCUT2D eigenvalue weighted by atomic mass is 10.00. The maximum atomic E-state index is 5.50. The van der Waals surface area contributed by atoms with Crippen LogP contribution in [0.15, 0.2) is 22.0 Å². The van der Waals surface area contributed by atoms with Crippen molar-refractivity contribution in [2.45, 2.75) is 26.7 Å². The van der Waals surface area contributed by atoms with Crippen LogP contribution in [0.5, 0.6) is 0 Å². The van der Waals surface area contributed by atoms with E-state index in [9.17, 15) is 0 Å². The molecule has 0 bridgehead atoms. The molecular formula is C12H18BrNS. The van der Waals surface area contributed by atoms with E-state index in [0.717, 1.165) is 19.4 Å². The SMILES string of the molecule is CC(C)/C(=C\CCCN)c1ccc(Br)s1. The van der Waals surface area contributed by atoms with Gasteiger partial charge >= 0.3 is 0 Å². The Morgan fingerprint density at radius 2 is 2.27 bits per heavy atom. The number of thiophene rings is 1. The van der Waals surface area contributed by atoms with Crippen molar-refractivity contribution in [1.82, 2.24) is 0 Å². The quantitative estimate of drug-likeness (QED) is 0.804. The lowest BCUT2D eigenvalue weighted by molar-refractivity contribution is 0.826. The summed E-state index contributed by atoms with van der Waals surface area (Å²) in [5.41, 5.74) is 6.94. The van der Waals surface area contributed by atoms with Gasteiger partial charge in [-0.25, -0.2) is 0 Å². The molecular weight excluding hydrogens is 270 g/mol. The summed E-state index contributed by atoms with van der Waals surface area (Å²) in [6.07, 6.45) is 4.48. The van der Waals surface area contributed by atoms with Crippen molar-refractivity contribution >= 4 is 32.8 Å². The Morgan fingerprint density at radius 3 is 2.73 bits per heavy atom. The van der Waals surface area contributed by atoms with Gasteiger partial charge in [-0.15, -0.1) is 11.3 Å². The summed E-state index contributed by atoms with van der Waals surface area (Å²) in [4.78, 5) is 1.37. The van der Waals surface area contributed by atoms with Gasteiger partial charge in [0.1, 0.15) is 0 Å². The fourth-order valence-corrected chi connectivity index (χ4v) is 3.04. The maximum Gasteiger partial charge on any atom is 0.0704 e. The zero-order valence-corrected chi connectivity index (χ0v) is 11.7. The van der Waals surface area contributed by atoms with Gasteiger partial charge in [0.25, 0.3) is 0 Å². The molecule has 1 nitrogen and oxygen atoms in total. The van der Waals surface area contributed by atoms with Crippen molar-refractivity contribution in [1.29, 1.82) is 0 Å². The van der Waals surface area contributed by atoms with Crippen molar-refractivity contribution in [3.63, 3.8) is 0 Å². The van der Waals surface area contributed by atoms with Crippen LogP contribution >= 0.6 is 27.3 Å². The van der Waals surface area contributed by atoms with Gasteiger partial charge in [-0.3, -0.25) is 0 Å². The van der Waals surface area contributed by atoms with E-state index in [-0.39, 0.29) is 0 Å². The number of hydrogen-bond acceptors (Lipinski definition) is 2. The van der Waals surface area contributed by atoms with Crippen molar-refractivity contribution in [3.8, 4) is 0 Å². The average molecular weight is 288 g/mol. The van der Waals surface area contributed by atoms with Crippen molar-refractivity contribution in [3.05, 3.63) is 26.9 Å². The van der Waals surface area contributed by atoms with Crippen LogP contribution in [-0.4, -0.2) is 6.54 Å². The number of halogens is 1. The Labute approximate surface area is 105 Å². The molecule has 1 rings (SSSR count). The lowest BCUT2D eigenvalue weighted by Gasteiger charge is -2.09. The summed E-state index contributed by atoms with van der Waals surface area (Å²) >= 11 is 5.30. The minimum Gasteiger partial charge on any atom is -0.330 e. The predicted molar refractivity (Wildman–Crippen MR) is 73.1 cm³/mol. The molecule has 0 aliphatic heterocycles. The molecule has 0 fully saturated rings. The van der Waals surface area contributed by atoms with E-state index in [4.69, 9.17) is 5.73 Å². The van der Waals surface area contributed by atoms with Crippen LogP contribution in [0, 0.1) is 5.92 Å². The molecule has 15 heavy (non-hydrogen) atoms. The van der Waals surface area contributed by atoms with Crippen LogP contribution < -0.4 is 5.73 Å². The third-order valence-corrected chi connectivity index (χ3v) is 3.92. The molecule has 1 aromatic rings. The van der Waals surface area contributed by atoms with E-state index < -0.39 is 0 Å². The normalized spacial score (nSPS) is 12.5. The molecule has 3 heteroatoms. The van der Waals surface area contributed by atoms with Gasteiger partial charge in [-0.1, -0.05) is 19.9 Å². The second-order valence-corrected chi connectivity index (χ2v) is 6.31. The molecule has 1 heterocycles. The Kier molecular flexibility index (Phi) is 5.58. The smallest absolute Gasteiger partial charge is 0.0704 e.